The van der Waals surface area contributed by atoms with Crippen LogP contribution in [0.25, 0.3) is 0 Å². The number of hydrogen-bond acceptors (Lipinski definition) is 4. The molecule has 1 heterocycles. The average Bonchev–Trinajstić information content (AvgIpc) is 2.88. The van der Waals surface area contributed by atoms with Crippen LogP contribution in [0.2, 0.25) is 0 Å². The average molecular weight is 233 g/mol. The van der Waals surface area contributed by atoms with Crippen LogP contribution in [0.4, 0.5) is 0 Å². The minimum atomic E-state index is 0.675. The van der Waals surface area contributed by atoms with E-state index in [1.165, 1.54) is 11.1 Å². The van der Waals surface area contributed by atoms with Crippen molar-refractivity contribution in [1.29, 1.82) is 0 Å². The fourth-order valence-electron chi connectivity index (χ4n) is 1.78. The van der Waals surface area contributed by atoms with E-state index in [4.69, 9.17) is 4.74 Å². The summed E-state index contributed by atoms with van der Waals surface area (Å²) in [7, 11) is 0. The zero-order chi connectivity index (χ0) is 11.9. The van der Waals surface area contributed by atoms with E-state index in [9.17, 15) is 0 Å². The number of rotatable bonds is 5. The van der Waals surface area contributed by atoms with Crippen molar-refractivity contribution in [3.63, 3.8) is 0 Å². The zero-order valence-electron chi connectivity index (χ0n) is 10.2. The van der Waals surface area contributed by atoms with Crippen molar-refractivity contribution >= 4 is 5.96 Å². The van der Waals surface area contributed by atoms with Crippen LogP contribution in [0.3, 0.4) is 0 Å². The summed E-state index contributed by atoms with van der Waals surface area (Å²) in [5.41, 5.74) is 2.50. The summed E-state index contributed by atoms with van der Waals surface area (Å²) >= 11 is 0. The number of benzene rings is 1. The molecule has 0 radical (unpaired) electrons. The van der Waals surface area contributed by atoms with Crippen LogP contribution < -0.4 is 10.6 Å². The van der Waals surface area contributed by atoms with Gasteiger partial charge in [0.05, 0.1) is 13.2 Å². The van der Waals surface area contributed by atoms with Crippen LogP contribution in [-0.4, -0.2) is 25.7 Å². The summed E-state index contributed by atoms with van der Waals surface area (Å²) < 4.78 is 5.46. The van der Waals surface area contributed by atoms with Crippen LogP contribution in [0.15, 0.2) is 29.3 Å². The summed E-state index contributed by atoms with van der Waals surface area (Å²) in [6.07, 6.45) is 0. The fourth-order valence-corrected chi connectivity index (χ4v) is 1.78. The molecular formula is C13H19N3O. The Morgan fingerprint density at radius 3 is 2.88 bits per heavy atom. The van der Waals surface area contributed by atoms with E-state index in [2.05, 4.69) is 33.8 Å². The van der Waals surface area contributed by atoms with Crippen LogP contribution in [0.5, 0.6) is 0 Å². The van der Waals surface area contributed by atoms with Crippen molar-refractivity contribution in [3.8, 4) is 0 Å². The van der Waals surface area contributed by atoms with E-state index in [0.717, 1.165) is 32.2 Å². The lowest BCUT2D eigenvalue weighted by molar-refractivity contribution is 0.133. The first-order valence-corrected chi connectivity index (χ1v) is 6.07. The predicted molar refractivity (Wildman–Crippen MR) is 68.9 cm³/mol. The van der Waals surface area contributed by atoms with E-state index in [0.29, 0.717) is 6.61 Å². The van der Waals surface area contributed by atoms with Gasteiger partial charge in [0.2, 0.25) is 0 Å². The van der Waals surface area contributed by atoms with Crippen molar-refractivity contribution in [2.75, 3.05) is 19.7 Å². The molecule has 0 atom stereocenters. The van der Waals surface area contributed by atoms with Gasteiger partial charge in [-0.3, -0.25) is 4.99 Å². The first-order chi connectivity index (χ1) is 8.40. The largest absolute Gasteiger partial charge is 0.377 e. The monoisotopic (exact) mass is 233 g/mol. The number of hydrogen-bond donors (Lipinski definition) is 2. The molecule has 2 rings (SSSR count). The third kappa shape index (κ3) is 3.46. The second kappa shape index (κ2) is 6.25. The Balaban J connectivity index is 1.94. The van der Waals surface area contributed by atoms with Crippen LogP contribution >= 0.6 is 0 Å². The molecule has 4 nitrogen and oxygen atoms in total. The maximum absolute atomic E-state index is 5.46. The third-order valence-electron chi connectivity index (χ3n) is 2.70. The molecule has 92 valence electrons. The van der Waals surface area contributed by atoms with Gasteiger partial charge in [0.15, 0.2) is 5.96 Å². The van der Waals surface area contributed by atoms with Crippen molar-refractivity contribution in [2.45, 2.75) is 20.1 Å². The number of nitrogens with zero attached hydrogens (tertiary/aromatic N) is 1. The third-order valence-corrected chi connectivity index (χ3v) is 2.70. The first-order valence-electron chi connectivity index (χ1n) is 6.07. The Morgan fingerprint density at radius 2 is 2.18 bits per heavy atom. The van der Waals surface area contributed by atoms with Crippen molar-refractivity contribution in [2.24, 2.45) is 4.99 Å². The minimum absolute atomic E-state index is 0.675. The lowest BCUT2D eigenvalue weighted by atomic mass is 10.1. The van der Waals surface area contributed by atoms with E-state index >= 15 is 0 Å². The highest BCUT2D eigenvalue weighted by molar-refractivity contribution is 5.81. The number of guanidine groups is 1. The normalized spacial score (nSPS) is 14.3. The lowest BCUT2D eigenvalue weighted by Crippen LogP contribution is -2.33. The summed E-state index contributed by atoms with van der Waals surface area (Å²) in [6, 6.07) is 8.33. The molecule has 2 N–H and O–H groups in total. The highest BCUT2D eigenvalue weighted by Crippen LogP contribution is 2.09. The second-order valence-electron chi connectivity index (χ2n) is 3.92. The molecule has 4 heteroatoms. The summed E-state index contributed by atoms with van der Waals surface area (Å²) in [5.74, 6) is 0.899. The van der Waals surface area contributed by atoms with Crippen LogP contribution in [0.1, 0.15) is 18.1 Å². The molecule has 0 saturated carbocycles. The van der Waals surface area contributed by atoms with Crippen LogP contribution in [-0.2, 0) is 17.9 Å². The molecule has 0 aromatic heterocycles. The predicted octanol–water partition coefficient (Wildman–Crippen LogP) is 1.27. The molecule has 1 aliphatic rings. The van der Waals surface area contributed by atoms with E-state index in [1.807, 2.05) is 13.0 Å². The van der Waals surface area contributed by atoms with Gasteiger partial charge >= 0.3 is 0 Å². The van der Waals surface area contributed by atoms with Gasteiger partial charge in [-0.2, -0.15) is 0 Å². The molecule has 0 fully saturated rings. The highest BCUT2D eigenvalue weighted by Gasteiger charge is 2.06. The molecule has 1 aliphatic heterocycles. The Labute approximate surface area is 102 Å². The van der Waals surface area contributed by atoms with Gasteiger partial charge in [0.1, 0.15) is 0 Å². The van der Waals surface area contributed by atoms with Gasteiger partial charge < -0.3 is 15.4 Å². The molecule has 0 unspecified atom stereocenters. The molecule has 0 bridgehead atoms. The zero-order valence-corrected chi connectivity index (χ0v) is 10.2. The quantitative estimate of drug-likeness (QED) is 0.805. The van der Waals surface area contributed by atoms with Crippen LogP contribution in [0, 0.1) is 0 Å². The van der Waals surface area contributed by atoms with Gasteiger partial charge in [0, 0.05) is 19.7 Å². The molecule has 1 aromatic rings. The molecule has 17 heavy (non-hydrogen) atoms. The highest BCUT2D eigenvalue weighted by atomic mass is 16.5. The van der Waals surface area contributed by atoms with Crippen molar-refractivity contribution in [3.05, 3.63) is 35.4 Å². The second-order valence-corrected chi connectivity index (χ2v) is 3.92. The number of ether oxygens (including phenoxy) is 1. The van der Waals surface area contributed by atoms with Crippen molar-refractivity contribution in [1.82, 2.24) is 10.6 Å². The SMILES string of the molecule is CCOCc1ccccc1CNC1=NCCN1. The van der Waals surface area contributed by atoms with E-state index < -0.39 is 0 Å². The fraction of sp³-hybridized carbons (Fsp3) is 0.462. The molecular weight excluding hydrogens is 214 g/mol. The number of nitrogens with one attached hydrogen (secondary N) is 2. The Morgan fingerprint density at radius 1 is 1.35 bits per heavy atom. The molecule has 0 amide bonds. The standard InChI is InChI=1S/C13H19N3O/c1-2-17-10-12-6-4-3-5-11(12)9-16-13-14-7-8-15-13/h3-6H,2,7-10H2,1H3,(H2,14,15,16). The maximum atomic E-state index is 5.46. The molecule has 0 aliphatic carbocycles. The minimum Gasteiger partial charge on any atom is -0.377 e. The Kier molecular flexibility index (Phi) is 4.38. The van der Waals surface area contributed by atoms with E-state index in [-0.39, 0.29) is 0 Å². The summed E-state index contributed by atoms with van der Waals surface area (Å²) in [6.45, 7) is 6.02. The molecule has 0 spiro atoms. The molecule has 0 saturated heterocycles. The summed E-state index contributed by atoms with van der Waals surface area (Å²) in [5, 5.41) is 6.50. The Bertz CT molecular complexity index is 390. The van der Waals surface area contributed by atoms with Gasteiger partial charge in [0.25, 0.3) is 0 Å². The van der Waals surface area contributed by atoms with Crippen molar-refractivity contribution < 1.29 is 4.74 Å². The number of aliphatic imine (C=N–C) groups is 1. The van der Waals surface area contributed by atoms with Gasteiger partial charge in [-0.25, -0.2) is 0 Å². The van der Waals surface area contributed by atoms with Gasteiger partial charge in [-0.15, -0.1) is 0 Å². The Hall–Kier alpha value is -1.55. The summed E-state index contributed by atoms with van der Waals surface area (Å²) in [4.78, 5) is 4.31. The smallest absolute Gasteiger partial charge is 0.191 e. The molecule has 1 aromatic carbocycles. The first kappa shape index (κ1) is 11.9. The van der Waals surface area contributed by atoms with Gasteiger partial charge in [-0.1, -0.05) is 24.3 Å². The topological polar surface area (TPSA) is 45.6 Å². The lowest BCUT2D eigenvalue weighted by Gasteiger charge is -2.11. The maximum Gasteiger partial charge on any atom is 0.191 e. The van der Waals surface area contributed by atoms with Gasteiger partial charge in [-0.05, 0) is 18.1 Å². The van der Waals surface area contributed by atoms with E-state index in [1.54, 1.807) is 0 Å².